The fraction of sp³-hybridized carbons (Fsp3) is 0.600. The summed E-state index contributed by atoms with van der Waals surface area (Å²) in [7, 11) is 0. The highest BCUT2D eigenvalue weighted by atomic mass is 15.3. The Labute approximate surface area is 99.5 Å². The molecule has 1 aromatic rings. The zero-order valence-electron chi connectivity index (χ0n) is 11.2. The Morgan fingerprint density at radius 1 is 0.938 bits per heavy atom. The van der Waals surface area contributed by atoms with Gasteiger partial charge in [0.2, 0.25) is 0 Å². The quantitative estimate of drug-likeness (QED) is 0.683. The van der Waals surface area contributed by atoms with Crippen molar-refractivity contribution in [3.63, 3.8) is 0 Å². The highest BCUT2D eigenvalue weighted by Gasteiger charge is 2.44. The van der Waals surface area contributed by atoms with Gasteiger partial charge in [-0.05, 0) is 59.1 Å². The van der Waals surface area contributed by atoms with Crippen LogP contribution in [-0.4, -0.2) is 11.1 Å². The van der Waals surface area contributed by atoms with Gasteiger partial charge in [0, 0.05) is 16.8 Å². The van der Waals surface area contributed by atoms with Crippen molar-refractivity contribution in [1.29, 1.82) is 0 Å². The number of benzene rings is 1. The molecule has 0 unspecified atom stereocenters. The summed E-state index contributed by atoms with van der Waals surface area (Å²) in [6.45, 7) is 11.6. The summed E-state index contributed by atoms with van der Waals surface area (Å²) in [5.41, 5.74) is 3.33. The molecule has 1 heteroatoms. The van der Waals surface area contributed by atoms with Crippen LogP contribution in [0.5, 0.6) is 0 Å². The third-order valence-electron chi connectivity index (χ3n) is 3.92. The van der Waals surface area contributed by atoms with Crippen molar-refractivity contribution in [1.82, 2.24) is 0 Å². The van der Waals surface area contributed by atoms with E-state index in [1.165, 1.54) is 24.1 Å². The molecule has 1 aliphatic heterocycles. The standard InChI is InChI=1S/C15H23N/c1-12-8-6-7-9-13(12)16-14(2,3)10-11-15(16,4)5/h6-9H,10-11H2,1-5H3. The fourth-order valence-corrected chi connectivity index (χ4v) is 3.12. The summed E-state index contributed by atoms with van der Waals surface area (Å²) in [5.74, 6) is 0. The third-order valence-corrected chi connectivity index (χ3v) is 3.92. The average molecular weight is 217 g/mol. The van der Waals surface area contributed by atoms with E-state index in [1.807, 2.05) is 0 Å². The van der Waals surface area contributed by atoms with Crippen molar-refractivity contribution < 1.29 is 0 Å². The van der Waals surface area contributed by atoms with Gasteiger partial charge in [-0.3, -0.25) is 0 Å². The molecule has 1 nitrogen and oxygen atoms in total. The van der Waals surface area contributed by atoms with Crippen molar-refractivity contribution in [2.24, 2.45) is 0 Å². The van der Waals surface area contributed by atoms with Gasteiger partial charge in [-0.15, -0.1) is 0 Å². The summed E-state index contributed by atoms with van der Waals surface area (Å²) in [6.07, 6.45) is 2.54. The van der Waals surface area contributed by atoms with Crippen molar-refractivity contribution >= 4 is 5.69 Å². The van der Waals surface area contributed by atoms with Crippen LogP contribution in [0.1, 0.15) is 46.1 Å². The lowest BCUT2D eigenvalue weighted by molar-refractivity contribution is 0.452. The number of aryl methyl sites for hydroxylation is 1. The van der Waals surface area contributed by atoms with Gasteiger partial charge in [0.1, 0.15) is 0 Å². The zero-order valence-corrected chi connectivity index (χ0v) is 11.2. The number of rotatable bonds is 1. The summed E-state index contributed by atoms with van der Waals surface area (Å²) in [4.78, 5) is 2.61. The molecule has 1 aliphatic rings. The van der Waals surface area contributed by atoms with Crippen molar-refractivity contribution in [2.45, 2.75) is 58.5 Å². The van der Waals surface area contributed by atoms with Gasteiger partial charge in [0.05, 0.1) is 0 Å². The van der Waals surface area contributed by atoms with Gasteiger partial charge in [-0.1, -0.05) is 18.2 Å². The Balaban J connectivity index is 2.50. The monoisotopic (exact) mass is 217 g/mol. The molecule has 1 aromatic carbocycles. The molecule has 1 fully saturated rings. The van der Waals surface area contributed by atoms with E-state index in [0.29, 0.717) is 0 Å². The van der Waals surface area contributed by atoms with E-state index >= 15 is 0 Å². The van der Waals surface area contributed by atoms with E-state index in [2.05, 4.69) is 63.8 Å². The van der Waals surface area contributed by atoms with Gasteiger partial charge in [0.25, 0.3) is 0 Å². The van der Waals surface area contributed by atoms with E-state index in [4.69, 9.17) is 0 Å². The predicted molar refractivity (Wildman–Crippen MR) is 71.1 cm³/mol. The number of nitrogens with zero attached hydrogens (tertiary/aromatic N) is 1. The maximum Gasteiger partial charge on any atom is 0.0404 e. The summed E-state index contributed by atoms with van der Waals surface area (Å²) in [6, 6.07) is 8.73. The van der Waals surface area contributed by atoms with E-state index in [9.17, 15) is 0 Å². The lowest BCUT2D eigenvalue weighted by Crippen LogP contribution is -2.48. The largest absolute Gasteiger partial charge is 0.361 e. The van der Waals surface area contributed by atoms with Crippen LogP contribution < -0.4 is 4.90 Å². The fourth-order valence-electron chi connectivity index (χ4n) is 3.12. The molecule has 0 radical (unpaired) electrons. The first-order chi connectivity index (χ1) is 7.34. The van der Waals surface area contributed by atoms with E-state index in [-0.39, 0.29) is 11.1 Å². The maximum absolute atomic E-state index is 2.61. The van der Waals surface area contributed by atoms with Crippen LogP contribution in [0, 0.1) is 6.92 Å². The van der Waals surface area contributed by atoms with E-state index in [0.717, 1.165) is 0 Å². The van der Waals surface area contributed by atoms with E-state index in [1.54, 1.807) is 0 Å². The molecule has 0 bridgehead atoms. The number of hydrogen-bond acceptors (Lipinski definition) is 1. The van der Waals surface area contributed by atoms with Crippen LogP contribution in [0.2, 0.25) is 0 Å². The predicted octanol–water partition coefficient (Wildman–Crippen LogP) is 4.15. The van der Waals surface area contributed by atoms with Gasteiger partial charge in [0.15, 0.2) is 0 Å². The Hall–Kier alpha value is -0.980. The van der Waals surface area contributed by atoms with Crippen LogP contribution in [0.3, 0.4) is 0 Å². The Kier molecular flexibility index (Phi) is 2.52. The summed E-state index contributed by atoms with van der Waals surface area (Å²) < 4.78 is 0. The maximum atomic E-state index is 2.61. The lowest BCUT2D eigenvalue weighted by atomic mass is 10.0. The lowest BCUT2D eigenvalue weighted by Gasteiger charge is -2.43. The molecular weight excluding hydrogens is 194 g/mol. The van der Waals surface area contributed by atoms with Crippen molar-refractivity contribution in [2.75, 3.05) is 4.90 Å². The van der Waals surface area contributed by atoms with Crippen LogP contribution in [0.25, 0.3) is 0 Å². The zero-order chi connectivity index (χ0) is 12.0. The molecule has 0 atom stereocenters. The van der Waals surface area contributed by atoms with Gasteiger partial charge >= 0.3 is 0 Å². The molecule has 1 heterocycles. The van der Waals surface area contributed by atoms with Gasteiger partial charge in [-0.2, -0.15) is 0 Å². The molecule has 0 saturated carbocycles. The SMILES string of the molecule is Cc1ccccc1N1C(C)(C)CCC1(C)C. The Morgan fingerprint density at radius 2 is 1.44 bits per heavy atom. The van der Waals surface area contributed by atoms with Crippen molar-refractivity contribution in [3.8, 4) is 0 Å². The van der Waals surface area contributed by atoms with Crippen LogP contribution in [-0.2, 0) is 0 Å². The summed E-state index contributed by atoms with van der Waals surface area (Å²) >= 11 is 0. The molecule has 0 amide bonds. The highest BCUT2D eigenvalue weighted by Crippen LogP contribution is 2.44. The normalized spacial score (nSPS) is 22.4. The number of hydrogen-bond donors (Lipinski definition) is 0. The molecule has 0 N–H and O–H groups in total. The molecule has 0 spiro atoms. The summed E-state index contributed by atoms with van der Waals surface area (Å²) in [5, 5.41) is 0. The van der Waals surface area contributed by atoms with Crippen LogP contribution >= 0.6 is 0 Å². The molecule has 16 heavy (non-hydrogen) atoms. The Morgan fingerprint density at radius 3 is 1.94 bits per heavy atom. The van der Waals surface area contributed by atoms with Crippen LogP contribution in [0.4, 0.5) is 5.69 Å². The highest BCUT2D eigenvalue weighted by molar-refractivity contribution is 5.58. The molecule has 1 saturated heterocycles. The second-order valence-electron chi connectivity index (χ2n) is 6.25. The third kappa shape index (κ3) is 1.73. The van der Waals surface area contributed by atoms with Crippen LogP contribution in [0.15, 0.2) is 24.3 Å². The van der Waals surface area contributed by atoms with E-state index < -0.39 is 0 Å². The minimum Gasteiger partial charge on any atom is -0.361 e. The first-order valence-electron chi connectivity index (χ1n) is 6.21. The first kappa shape index (κ1) is 11.5. The minimum atomic E-state index is 0.273. The molecule has 88 valence electrons. The molecular formula is C15H23N. The topological polar surface area (TPSA) is 3.24 Å². The minimum absolute atomic E-state index is 0.273. The van der Waals surface area contributed by atoms with Crippen molar-refractivity contribution in [3.05, 3.63) is 29.8 Å². The van der Waals surface area contributed by atoms with Gasteiger partial charge < -0.3 is 4.90 Å². The second-order valence-corrected chi connectivity index (χ2v) is 6.25. The average Bonchev–Trinajstić information content (AvgIpc) is 2.39. The number of anilines is 1. The molecule has 2 rings (SSSR count). The smallest absolute Gasteiger partial charge is 0.0404 e. The first-order valence-corrected chi connectivity index (χ1v) is 6.21. The molecule has 0 aliphatic carbocycles. The second kappa shape index (κ2) is 3.51. The van der Waals surface area contributed by atoms with Gasteiger partial charge in [-0.25, -0.2) is 0 Å². The number of para-hydroxylation sites is 1. The Bertz CT molecular complexity index is 374. The molecule has 0 aromatic heterocycles.